The minimum absolute atomic E-state index is 0.147. The summed E-state index contributed by atoms with van der Waals surface area (Å²) in [4.78, 5) is 8.71. The van der Waals surface area contributed by atoms with E-state index >= 15 is 0 Å². The number of rotatable bonds is 5. The van der Waals surface area contributed by atoms with Crippen LogP contribution >= 0.6 is 11.6 Å². The molecule has 1 atom stereocenters. The number of ether oxygens (including phenoxy) is 1. The first-order valence-electron chi connectivity index (χ1n) is 6.83. The minimum atomic E-state index is -0.147. The van der Waals surface area contributed by atoms with Crippen LogP contribution in [0.2, 0.25) is 0 Å². The molecular weight excluding hydrogens is 288 g/mol. The van der Waals surface area contributed by atoms with Gasteiger partial charge in [-0.15, -0.1) is 11.6 Å². The van der Waals surface area contributed by atoms with Gasteiger partial charge < -0.3 is 13.9 Å². The van der Waals surface area contributed by atoms with Gasteiger partial charge in [-0.3, -0.25) is 0 Å². The summed E-state index contributed by atoms with van der Waals surface area (Å²) < 4.78 is 9.46. The van der Waals surface area contributed by atoms with Gasteiger partial charge in [-0.1, -0.05) is 0 Å². The molecule has 0 saturated heterocycles. The summed E-state index contributed by atoms with van der Waals surface area (Å²) in [5.41, 5.74) is 1.97. The van der Waals surface area contributed by atoms with Crippen LogP contribution < -0.4 is 4.74 Å². The highest BCUT2D eigenvalue weighted by Crippen LogP contribution is 2.27. The van der Waals surface area contributed by atoms with Crippen molar-refractivity contribution in [3.8, 4) is 5.75 Å². The van der Waals surface area contributed by atoms with E-state index in [1.165, 1.54) is 0 Å². The van der Waals surface area contributed by atoms with Crippen molar-refractivity contribution in [1.29, 1.82) is 0 Å². The summed E-state index contributed by atoms with van der Waals surface area (Å²) in [5, 5.41) is -0.147. The van der Waals surface area contributed by atoms with Crippen LogP contribution in [0.3, 0.4) is 0 Å². The zero-order chi connectivity index (χ0) is 14.8. The molecule has 1 aromatic carbocycles. The van der Waals surface area contributed by atoms with Crippen molar-refractivity contribution in [1.82, 2.24) is 19.1 Å². The molecule has 0 aliphatic heterocycles. The first-order chi connectivity index (χ1) is 10.2. The maximum atomic E-state index is 6.28. The lowest BCUT2D eigenvalue weighted by Gasteiger charge is -2.11. The van der Waals surface area contributed by atoms with E-state index in [-0.39, 0.29) is 5.38 Å². The van der Waals surface area contributed by atoms with E-state index in [1.807, 2.05) is 42.2 Å². The maximum absolute atomic E-state index is 6.28. The second-order valence-corrected chi connectivity index (χ2v) is 5.55. The molecular formula is C15H17ClN4O. The number of nitrogens with zero attached hydrogens (tertiary/aromatic N) is 4. The number of aryl methyl sites for hydroxylation is 2. The van der Waals surface area contributed by atoms with E-state index in [0.29, 0.717) is 0 Å². The monoisotopic (exact) mass is 304 g/mol. The van der Waals surface area contributed by atoms with Crippen molar-refractivity contribution in [2.75, 3.05) is 7.11 Å². The summed E-state index contributed by atoms with van der Waals surface area (Å²) in [6.07, 6.45) is 5.54. The zero-order valence-electron chi connectivity index (χ0n) is 12.0. The summed E-state index contributed by atoms with van der Waals surface area (Å²) in [6.45, 7) is 3.56. The van der Waals surface area contributed by atoms with Gasteiger partial charge in [0.2, 0.25) is 0 Å². The van der Waals surface area contributed by atoms with E-state index in [9.17, 15) is 0 Å². The third-order valence-corrected chi connectivity index (χ3v) is 3.68. The number of methoxy groups -OCH3 is 1. The molecule has 0 aliphatic carbocycles. The normalized spacial score (nSPS) is 12.7. The van der Waals surface area contributed by atoms with Crippen LogP contribution in [-0.4, -0.2) is 26.2 Å². The predicted octanol–water partition coefficient (Wildman–Crippen LogP) is 3.24. The Kier molecular flexibility index (Phi) is 3.84. The molecule has 1 unspecified atom stereocenters. The number of halogens is 1. The lowest BCUT2D eigenvalue weighted by Crippen LogP contribution is -2.09. The minimum Gasteiger partial charge on any atom is -0.497 e. The summed E-state index contributed by atoms with van der Waals surface area (Å²) in [7, 11) is 1.66. The number of hydrogen-bond donors (Lipinski definition) is 0. The molecule has 0 spiro atoms. The van der Waals surface area contributed by atoms with Crippen LogP contribution in [0.1, 0.15) is 18.1 Å². The fourth-order valence-electron chi connectivity index (χ4n) is 2.43. The van der Waals surface area contributed by atoms with Crippen LogP contribution in [0.5, 0.6) is 5.75 Å². The first kappa shape index (κ1) is 13.9. The fourth-order valence-corrected chi connectivity index (χ4v) is 2.59. The lowest BCUT2D eigenvalue weighted by atomic mass is 10.3. The molecule has 3 aromatic rings. The average molecular weight is 305 g/mol. The number of imidazole rings is 2. The molecule has 0 fully saturated rings. The first-order valence-corrected chi connectivity index (χ1v) is 7.26. The van der Waals surface area contributed by atoms with E-state index in [2.05, 4.69) is 14.5 Å². The molecule has 2 heterocycles. The smallest absolute Gasteiger partial charge is 0.127 e. The van der Waals surface area contributed by atoms with Gasteiger partial charge in [0, 0.05) is 31.5 Å². The Morgan fingerprint density at radius 1 is 1.33 bits per heavy atom. The van der Waals surface area contributed by atoms with Gasteiger partial charge in [0.15, 0.2) is 0 Å². The topological polar surface area (TPSA) is 44.9 Å². The number of aromatic nitrogens is 4. The van der Waals surface area contributed by atoms with E-state index in [1.54, 1.807) is 13.3 Å². The summed E-state index contributed by atoms with van der Waals surface area (Å²) in [5.74, 6) is 1.68. The lowest BCUT2D eigenvalue weighted by molar-refractivity contribution is 0.415. The summed E-state index contributed by atoms with van der Waals surface area (Å²) in [6, 6.07) is 5.91. The van der Waals surface area contributed by atoms with Gasteiger partial charge in [-0.05, 0) is 19.1 Å². The van der Waals surface area contributed by atoms with Crippen molar-refractivity contribution in [2.24, 2.45) is 0 Å². The van der Waals surface area contributed by atoms with Gasteiger partial charge in [0.25, 0.3) is 0 Å². The molecule has 3 rings (SSSR count). The van der Waals surface area contributed by atoms with E-state index in [4.69, 9.17) is 16.3 Å². The highest BCUT2D eigenvalue weighted by atomic mass is 35.5. The van der Waals surface area contributed by atoms with Crippen molar-refractivity contribution in [3.63, 3.8) is 0 Å². The third kappa shape index (κ3) is 2.74. The number of alkyl halides is 1. The Balaban J connectivity index is 1.99. The average Bonchev–Trinajstić information content (AvgIpc) is 3.11. The second kappa shape index (κ2) is 5.77. The second-order valence-electron chi connectivity index (χ2n) is 4.89. The van der Waals surface area contributed by atoms with Crippen LogP contribution in [0.15, 0.2) is 36.9 Å². The van der Waals surface area contributed by atoms with Gasteiger partial charge >= 0.3 is 0 Å². The Morgan fingerprint density at radius 2 is 2.19 bits per heavy atom. The van der Waals surface area contributed by atoms with Gasteiger partial charge in [0.05, 0.1) is 29.8 Å². The molecule has 0 radical (unpaired) electrons. The molecule has 110 valence electrons. The summed E-state index contributed by atoms with van der Waals surface area (Å²) >= 11 is 6.28. The quantitative estimate of drug-likeness (QED) is 0.680. The third-order valence-electron chi connectivity index (χ3n) is 3.48. The Labute approximate surface area is 128 Å². The van der Waals surface area contributed by atoms with Crippen molar-refractivity contribution >= 4 is 22.6 Å². The van der Waals surface area contributed by atoms with E-state index in [0.717, 1.165) is 35.7 Å². The number of benzene rings is 1. The highest BCUT2D eigenvalue weighted by Gasteiger charge is 2.15. The van der Waals surface area contributed by atoms with Crippen molar-refractivity contribution < 1.29 is 4.74 Å². The van der Waals surface area contributed by atoms with Crippen LogP contribution in [0, 0.1) is 0 Å². The molecule has 0 aliphatic rings. The predicted molar refractivity (Wildman–Crippen MR) is 82.8 cm³/mol. The molecule has 0 N–H and O–H groups in total. The fraction of sp³-hybridized carbons (Fsp3) is 0.333. The molecule has 6 heteroatoms. The molecule has 21 heavy (non-hydrogen) atoms. The number of fused-ring (bicyclic) bond motifs is 1. The van der Waals surface area contributed by atoms with Gasteiger partial charge in [-0.25, -0.2) is 9.97 Å². The molecule has 0 amide bonds. The highest BCUT2D eigenvalue weighted by molar-refractivity contribution is 6.20. The Bertz CT molecular complexity index is 734. The van der Waals surface area contributed by atoms with Crippen molar-refractivity contribution in [3.05, 3.63) is 42.7 Å². The van der Waals surface area contributed by atoms with Gasteiger partial charge in [0.1, 0.15) is 11.6 Å². The van der Waals surface area contributed by atoms with Crippen LogP contribution in [0.4, 0.5) is 0 Å². The van der Waals surface area contributed by atoms with Crippen molar-refractivity contribution in [2.45, 2.75) is 25.4 Å². The Morgan fingerprint density at radius 3 is 2.86 bits per heavy atom. The van der Waals surface area contributed by atoms with Crippen LogP contribution in [-0.2, 0) is 13.1 Å². The number of hydrogen-bond acceptors (Lipinski definition) is 3. The molecule has 0 saturated carbocycles. The maximum Gasteiger partial charge on any atom is 0.127 e. The van der Waals surface area contributed by atoms with Gasteiger partial charge in [-0.2, -0.15) is 0 Å². The molecule has 5 nitrogen and oxygen atoms in total. The van der Waals surface area contributed by atoms with E-state index < -0.39 is 0 Å². The molecule has 0 bridgehead atoms. The zero-order valence-corrected chi connectivity index (χ0v) is 12.8. The Hall–Kier alpha value is -2.01. The molecule has 2 aromatic heterocycles. The largest absolute Gasteiger partial charge is 0.497 e. The van der Waals surface area contributed by atoms with Crippen LogP contribution in [0.25, 0.3) is 11.0 Å². The SMILES string of the molecule is COc1ccc2c(c1)nc(C(C)Cl)n2CCn1ccnc1. The standard InChI is InChI=1S/C15H17ClN4O/c1-11(16)15-18-13-9-12(21-2)3-4-14(13)20(15)8-7-19-6-5-17-10-19/h3-6,9-11H,7-8H2,1-2H3.